The van der Waals surface area contributed by atoms with Gasteiger partial charge in [0.25, 0.3) is 0 Å². The highest BCUT2D eigenvalue weighted by Crippen LogP contribution is 2.35. The fraction of sp³-hybridized carbons (Fsp3) is 0.263. The van der Waals surface area contributed by atoms with E-state index < -0.39 is 12.2 Å². The lowest BCUT2D eigenvalue weighted by Gasteiger charge is -2.29. The van der Waals surface area contributed by atoms with E-state index in [1.54, 1.807) is 29.0 Å². The maximum Gasteiger partial charge on any atom is 0.247 e. The first-order chi connectivity index (χ1) is 11.5. The second-order valence-electron chi connectivity index (χ2n) is 6.01. The van der Waals surface area contributed by atoms with Crippen molar-refractivity contribution in [2.75, 3.05) is 7.05 Å². The quantitative estimate of drug-likeness (QED) is 0.859. The van der Waals surface area contributed by atoms with Gasteiger partial charge in [-0.3, -0.25) is 9.59 Å². The molecule has 5 heteroatoms. The lowest BCUT2D eigenvalue weighted by atomic mass is 10.0. The summed E-state index contributed by atoms with van der Waals surface area (Å²) in [5.41, 5.74) is 1.91. The van der Waals surface area contributed by atoms with Crippen molar-refractivity contribution in [2.45, 2.75) is 25.6 Å². The predicted molar refractivity (Wildman–Crippen MR) is 93.4 cm³/mol. The van der Waals surface area contributed by atoms with Crippen molar-refractivity contribution >= 4 is 23.4 Å². The van der Waals surface area contributed by atoms with Crippen LogP contribution in [0.15, 0.2) is 54.6 Å². The van der Waals surface area contributed by atoms with Crippen LogP contribution in [0.1, 0.15) is 24.2 Å². The second kappa shape index (κ2) is 6.65. The summed E-state index contributed by atoms with van der Waals surface area (Å²) in [5, 5.41) is 0.626. The maximum absolute atomic E-state index is 12.8. The van der Waals surface area contributed by atoms with Crippen LogP contribution in [0.5, 0.6) is 0 Å². The van der Waals surface area contributed by atoms with Crippen molar-refractivity contribution in [3.63, 3.8) is 0 Å². The highest BCUT2D eigenvalue weighted by Gasteiger charge is 2.46. The number of carbonyl (C=O) groups is 2. The number of rotatable bonds is 3. The van der Waals surface area contributed by atoms with E-state index in [0.29, 0.717) is 11.4 Å². The van der Waals surface area contributed by atoms with E-state index in [-0.39, 0.29) is 11.8 Å². The van der Waals surface area contributed by atoms with Gasteiger partial charge in [-0.1, -0.05) is 54.1 Å². The van der Waals surface area contributed by atoms with Gasteiger partial charge in [-0.25, -0.2) is 0 Å². The highest BCUT2D eigenvalue weighted by molar-refractivity contribution is 6.30. The Labute approximate surface area is 146 Å². The monoisotopic (exact) mass is 342 g/mol. The Bertz CT molecular complexity index is 746. The number of hydrogen-bond acceptors (Lipinski definition) is 2. The van der Waals surface area contributed by atoms with E-state index >= 15 is 0 Å². The van der Waals surface area contributed by atoms with E-state index in [2.05, 4.69) is 0 Å². The third kappa shape index (κ3) is 3.02. The molecule has 4 nitrogen and oxygen atoms in total. The first kappa shape index (κ1) is 16.5. The molecule has 2 atom stereocenters. The fourth-order valence-corrected chi connectivity index (χ4v) is 3.39. The highest BCUT2D eigenvalue weighted by atomic mass is 35.5. The molecule has 0 spiro atoms. The second-order valence-corrected chi connectivity index (χ2v) is 6.44. The molecule has 2 aromatic carbocycles. The molecule has 1 aliphatic heterocycles. The molecule has 0 radical (unpaired) electrons. The third-order valence-electron chi connectivity index (χ3n) is 4.40. The van der Waals surface area contributed by atoms with Gasteiger partial charge in [0.1, 0.15) is 12.2 Å². The van der Waals surface area contributed by atoms with Gasteiger partial charge in [-0.05, 0) is 23.3 Å². The molecule has 0 bridgehead atoms. The van der Waals surface area contributed by atoms with E-state index in [4.69, 9.17) is 11.6 Å². The molecule has 2 aromatic rings. The number of amides is 2. The van der Waals surface area contributed by atoms with E-state index in [1.165, 1.54) is 6.92 Å². The lowest BCUT2D eigenvalue weighted by molar-refractivity contribution is -0.134. The number of benzene rings is 2. The zero-order chi connectivity index (χ0) is 17.3. The summed E-state index contributed by atoms with van der Waals surface area (Å²) < 4.78 is 0. The van der Waals surface area contributed by atoms with E-state index in [0.717, 1.165) is 11.1 Å². The Hall–Kier alpha value is -2.33. The number of likely N-dealkylation sites (N-methyl/N-ethyl adjacent to an activating group) is 1. The normalized spacial score (nSPS) is 20.5. The molecule has 0 N–H and O–H groups in total. The van der Waals surface area contributed by atoms with Crippen LogP contribution in [-0.2, 0) is 16.0 Å². The molecule has 24 heavy (non-hydrogen) atoms. The molecule has 1 heterocycles. The van der Waals surface area contributed by atoms with Gasteiger partial charge in [0, 0.05) is 25.4 Å². The summed E-state index contributed by atoms with van der Waals surface area (Å²) in [5.74, 6) is -0.164. The van der Waals surface area contributed by atoms with Gasteiger partial charge in [0.05, 0.1) is 0 Å². The molecule has 2 unspecified atom stereocenters. The summed E-state index contributed by atoms with van der Waals surface area (Å²) in [4.78, 5) is 28.4. The van der Waals surface area contributed by atoms with Crippen LogP contribution >= 0.6 is 11.6 Å². The molecule has 3 rings (SSSR count). The fourth-order valence-electron chi connectivity index (χ4n) is 3.27. The summed E-state index contributed by atoms with van der Waals surface area (Å²) in [7, 11) is 1.74. The van der Waals surface area contributed by atoms with Crippen molar-refractivity contribution in [1.29, 1.82) is 0 Å². The standard InChI is InChI=1S/C19H19ClN2O2/c1-13(23)22-17(12-14-6-4-3-5-7-14)19(24)21(2)18(22)15-8-10-16(20)11-9-15/h3-11,17-18H,12H2,1-2H3. The zero-order valence-corrected chi connectivity index (χ0v) is 14.4. The van der Waals surface area contributed by atoms with E-state index in [1.807, 2.05) is 42.5 Å². The predicted octanol–water partition coefficient (Wildman–Crippen LogP) is 3.27. The van der Waals surface area contributed by atoms with Gasteiger partial charge in [-0.15, -0.1) is 0 Å². The summed E-state index contributed by atoms with van der Waals surface area (Å²) in [6, 6.07) is 16.5. The Kier molecular flexibility index (Phi) is 4.58. The number of hydrogen-bond donors (Lipinski definition) is 0. The maximum atomic E-state index is 12.8. The van der Waals surface area contributed by atoms with Crippen molar-refractivity contribution < 1.29 is 9.59 Å². The SMILES string of the molecule is CC(=O)N1C(Cc2ccccc2)C(=O)N(C)C1c1ccc(Cl)cc1. The van der Waals surface area contributed by atoms with Crippen molar-refractivity contribution in [3.05, 3.63) is 70.7 Å². The van der Waals surface area contributed by atoms with Crippen LogP contribution in [0.4, 0.5) is 0 Å². The van der Waals surface area contributed by atoms with Crippen LogP contribution in [0, 0.1) is 0 Å². The third-order valence-corrected chi connectivity index (χ3v) is 4.65. The van der Waals surface area contributed by atoms with Gasteiger partial charge in [-0.2, -0.15) is 0 Å². The Morgan fingerprint density at radius 1 is 1.08 bits per heavy atom. The van der Waals surface area contributed by atoms with Crippen LogP contribution < -0.4 is 0 Å². The minimum atomic E-state index is -0.490. The minimum absolute atomic E-state index is 0.0472. The lowest BCUT2D eigenvalue weighted by Crippen LogP contribution is -2.39. The van der Waals surface area contributed by atoms with Crippen LogP contribution in [0.2, 0.25) is 5.02 Å². The number of nitrogens with zero attached hydrogens (tertiary/aromatic N) is 2. The summed E-state index contributed by atoms with van der Waals surface area (Å²) in [6.07, 6.45) is 0.106. The van der Waals surface area contributed by atoms with Crippen molar-refractivity contribution in [3.8, 4) is 0 Å². The van der Waals surface area contributed by atoms with E-state index in [9.17, 15) is 9.59 Å². The molecule has 1 fully saturated rings. The smallest absolute Gasteiger partial charge is 0.247 e. The molecular weight excluding hydrogens is 324 g/mol. The molecular formula is C19H19ClN2O2. The van der Waals surface area contributed by atoms with Crippen LogP contribution in [0.3, 0.4) is 0 Å². The number of halogens is 1. The van der Waals surface area contributed by atoms with Gasteiger partial charge in [0.2, 0.25) is 11.8 Å². The summed E-state index contributed by atoms with van der Waals surface area (Å²) >= 11 is 5.96. The zero-order valence-electron chi connectivity index (χ0n) is 13.6. The molecule has 2 amide bonds. The Balaban J connectivity index is 1.96. The first-order valence-electron chi connectivity index (χ1n) is 7.84. The minimum Gasteiger partial charge on any atom is -0.319 e. The van der Waals surface area contributed by atoms with Gasteiger partial charge < -0.3 is 9.80 Å². The first-order valence-corrected chi connectivity index (χ1v) is 8.22. The Morgan fingerprint density at radius 3 is 2.29 bits per heavy atom. The van der Waals surface area contributed by atoms with Gasteiger partial charge in [0.15, 0.2) is 0 Å². The molecule has 1 saturated heterocycles. The Morgan fingerprint density at radius 2 is 1.71 bits per heavy atom. The molecule has 0 aliphatic carbocycles. The molecule has 0 saturated carbocycles. The molecule has 0 aromatic heterocycles. The molecule has 124 valence electrons. The van der Waals surface area contributed by atoms with Crippen molar-refractivity contribution in [2.24, 2.45) is 0 Å². The largest absolute Gasteiger partial charge is 0.319 e. The average Bonchev–Trinajstić information content (AvgIpc) is 2.82. The van der Waals surface area contributed by atoms with Crippen LogP contribution in [0.25, 0.3) is 0 Å². The molecule has 1 aliphatic rings. The van der Waals surface area contributed by atoms with Crippen LogP contribution in [-0.4, -0.2) is 34.7 Å². The summed E-state index contributed by atoms with van der Waals surface area (Å²) in [6.45, 7) is 1.51. The average molecular weight is 343 g/mol. The van der Waals surface area contributed by atoms with Gasteiger partial charge >= 0.3 is 0 Å². The number of carbonyl (C=O) groups excluding carboxylic acids is 2. The topological polar surface area (TPSA) is 40.6 Å². The van der Waals surface area contributed by atoms with Crippen molar-refractivity contribution in [1.82, 2.24) is 9.80 Å².